The molecule has 0 aliphatic heterocycles. The van der Waals surface area contributed by atoms with Crippen LogP contribution < -0.4 is 5.73 Å². The summed E-state index contributed by atoms with van der Waals surface area (Å²) in [5, 5.41) is 9.14. The van der Waals surface area contributed by atoms with Crippen molar-refractivity contribution in [3.63, 3.8) is 0 Å². The molecule has 4 nitrogen and oxygen atoms in total. The molecule has 1 amide bonds. The van der Waals surface area contributed by atoms with E-state index in [4.69, 9.17) is 10.8 Å². The van der Waals surface area contributed by atoms with Gasteiger partial charge in [0.1, 0.15) is 0 Å². The molecule has 0 atom stereocenters. The van der Waals surface area contributed by atoms with Crippen LogP contribution in [0.3, 0.4) is 0 Å². The molecule has 0 spiro atoms. The van der Waals surface area contributed by atoms with E-state index in [1.54, 1.807) is 17.0 Å². The van der Waals surface area contributed by atoms with Gasteiger partial charge in [0.15, 0.2) is 0 Å². The van der Waals surface area contributed by atoms with Crippen molar-refractivity contribution < 1.29 is 9.90 Å². The summed E-state index contributed by atoms with van der Waals surface area (Å²) in [7, 11) is 0. The van der Waals surface area contributed by atoms with Gasteiger partial charge < -0.3 is 15.7 Å². The number of benzene rings is 1. The molecule has 1 aromatic carbocycles. The molecular formula is C16H20N2O2. The summed E-state index contributed by atoms with van der Waals surface area (Å²) in [5.41, 5.74) is 6.76. The van der Waals surface area contributed by atoms with Crippen LogP contribution in [-0.4, -0.2) is 41.7 Å². The summed E-state index contributed by atoms with van der Waals surface area (Å²) in [6, 6.07) is 7.53. The van der Waals surface area contributed by atoms with Crippen LogP contribution in [0, 0.1) is 11.8 Å². The van der Waals surface area contributed by atoms with Gasteiger partial charge in [0.2, 0.25) is 0 Å². The molecule has 0 saturated heterocycles. The maximum Gasteiger partial charge on any atom is 0.254 e. The van der Waals surface area contributed by atoms with E-state index < -0.39 is 0 Å². The summed E-state index contributed by atoms with van der Waals surface area (Å²) < 4.78 is 0. The van der Waals surface area contributed by atoms with Crippen molar-refractivity contribution in [3.8, 4) is 11.8 Å². The van der Waals surface area contributed by atoms with Gasteiger partial charge >= 0.3 is 0 Å². The number of hydrogen-bond donors (Lipinski definition) is 2. The lowest BCUT2D eigenvalue weighted by molar-refractivity contribution is 0.0526. The van der Waals surface area contributed by atoms with Crippen molar-refractivity contribution in [2.75, 3.05) is 19.7 Å². The Kier molecular flexibility index (Phi) is 5.16. The monoisotopic (exact) mass is 272 g/mol. The highest BCUT2D eigenvalue weighted by atomic mass is 16.3. The number of amides is 1. The van der Waals surface area contributed by atoms with Crippen LogP contribution in [0.4, 0.5) is 0 Å². The van der Waals surface area contributed by atoms with Crippen LogP contribution in [0.5, 0.6) is 0 Å². The molecule has 20 heavy (non-hydrogen) atoms. The van der Waals surface area contributed by atoms with Crippen molar-refractivity contribution in [1.82, 2.24) is 4.90 Å². The first-order valence-corrected chi connectivity index (χ1v) is 6.97. The molecule has 1 aliphatic rings. The Hall–Kier alpha value is -1.83. The number of nitrogens with zero attached hydrogens (tertiary/aromatic N) is 1. The number of rotatable bonds is 4. The third-order valence-electron chi connectivity index (χ3n) is 3.56. The van der Waals surface area contributed by atoms with Crippen LogP contribution in [0.2, 0.25) is 0 Å². The molecule has 2 rings (SSSR count). The maximum atomic E-state index is 12.5. The molecule has 4 heteroatoms. The van der Waals surface area contributed by atoms with Gasteiger partial charge in [0.25, 0.3) is 5.91 Å². The molecular weight excluding hydrogens is 252 g/mol. The fourth-order valence-electron chi connectivity index (χ4n) is 2.30. The summed E-state index contributed by atoms with van der Waals surface area (Å²) in [5.74, 6) is 5.69. The smallest absolute Gasteiger partial charge is 0.254 e. The van der Waals surface area contributed by atoms with E-state index in [1.165, 1.54) is 0 Å². The summed E-state index contributed by atoms with van der Waals surface area (Å²) in [6.07, 6.45) is 3.21. The highest BCUT2D eigenvalue weighted by Crippen LogP contribution is 2.26. The fraction of sp³-hybridized carbons (Fsp3) is 0.438. The molecule has 0 aromatic heterocycles. The number of carbonyl (C=O) groups excluding carboxylic acids is 1. The average Bonchev–Trinajstić information content (AvgIpc) is 2.42. The third kappa shape index (κ3) is 3.38. The minimum absolute atomic E-state index is 0.00505. The number of hydrogen-bond acceptors (Lipinski definition) is 3. The minimum Gasteiger partial charge on any atom is -0.395 e. The van der Waals surface area contributed by atoms with E-state index in [0.717, 1.165) is 24.8 Å². The number of aliphatic hydroxyl groups excluding tert-OH is 1. The van der Waals surface area contributed by atoms with E-state index in [2.05, 4.69) is 11.8 Å². The lowest BCUT2D eigenvalue weighted by Gasteiger charge is -2.37. The van der Waals surface area contributed by atoms with E-state index in [9.17, 15) is 4.79 Å². The van der Waals surface area contributed by atoms with Crippen molar-refractivity contribution in [2.45, 2.75) is 25.3 Å². The van der Waals surface area contributed by atoms with Gasteiger partial charge in [0, 0.05) is 23.7 Å². The Morgan fingerprint density at radius 2 is 2.25 bits per heavy atom. The largest absolute Gasteiger partial charge is 0.395 e. The Morgan fingerprint density at radius 3 is 2.85 bits per heavy atom. The summed E-state index contributed by atoms with van der Waals surface area (Å²) in [6.45, 7) is 0.688. The summed E-state index contributed by atoms with van der Waals surface area (Å²) in [4.78, 5) is 14.3. The zero-order chi connectivity index (χ0) is 14.4. The van der Waals surface area contributed by atoms with E-state index in [0.29, 0.717) is 18.7 Å². The maximum absolute atomic E-state index is 12.5. The average molecular weight is 272 g/mol. The molecule has 1 aromatic rings. The Labute approximate surface area is 119 Å². The Bertz CT molecular complexity index is 527. The standard InChI is InChI=1S/C16H20N2O2/c17-9-3-5-13-4-1-6-14(12-13)16(20)18(10-11-19)15-7-2-8-15/h1,4,6,12,15,19H,2,7-11,17H2. The van der Waals surface area contributed by atoms with Gasteiger partial charge in [-0.3, -0.25) is 4.79 Å². The van der Waals surface area contributed by atoms with Crippen molar-refractivity contribution in [2.24, 2.45) is 5.73 Å². The van der Waals surface area contributed by atoms with Crippen molar-refractivity contribution in [3.05, 3.63) is 35.4 Å². The Morgan fingerprint density at radius 1 is 1.45 bits per heavy atom. The van der Waals surface area contributed by atoms with Crippen LogP contribution in [0.15, 0.2) is 24.3 Å². The highest BCUT2D eigenvalue weighted by molar-refractivity contribution is 5.94. The van der Waals surface area contributed by atoms with E-state index in [-0.39, 0.29) is 18.6 Å². The molecule has 106 valence electrons. The molecule has 0 unspecified atom stereocenters. The first kappa shape index (κ1) is 14.6. The second-order valence-electron chi connectivity index (χ2n) is 4.89. The minimum atomic E-state index is -0.0276. The number of carbonyl (C=O) groups is 1. The SMILES string of the molecule is NCC#Cc1cccc(C(=O)N(CCO)C2CCC2)c1. The van der Waals surface area contributed by atoms with Gasteiger partial charge in [-0.1, -0.05) is 17.9 Å². The fourth-order valence-corrected chi connectivity index (χ4v) is 2.30. The molecule has 1 saturated carbocycles. The summed E-state index contributed by atoms with van der Waals surface area (Å²) >= 11 is 0. The van der Waals surface area contributed by atoms with Crippen LogP contribution in [0.25, 0.3) is 0 Å². The molecule has 3 N–H and O–H groups in total. The van der Waals surface area contributed by atoms with Crippen LogP contribution in [0.1, 0.15) is 35.2 Å². The van der Waals surface area contributed by atoms with Gasteiger partial charge in [-0.2, -0.15) is 0 Å². The topological polar surface area (TPSA) is 66.6 Å². The zero-order valence-electron chi connectivity index (χ0n) is 11.5. The number of nitrogens with two attached hydrogens (primary N) is 1. The lowest BCUT2D eigenvalue weighted by Crippen LogP contribution is -2.45. The number of aliphatic hydroxyl groups is 1. The van der Waals surface area contributed by atoms with Gasteiger partial charge in [-0.25, -0.2) is 0 Å². The lowest BCUT2D eigenvalue weighted by atomic mass is 9.91. The second kappa shape index (κ2) is 7.09. The third-order valence-corrected chi connectivity index (χ3v) is 3.56. The predicted molar refractivity (Wildman–Crippen MR) is 78.1 cm³/mol. The Balaban J connectivity index is 2.17. The second-order valence-corrected chi connectivity index (χ2v) is 4.89. The quantitative estimate of drug-likeness (QED) is 0.803. The zero-order valence-corrected chi connectivity index (χ0v) is 11.5. The molecule has 1 fully saturated rings. The highest BCUT2D eigenvalue weighted by Gasteiger charge is 2.28. The van der Waals surface area contributed by atoms with Crippen molar-refractivity contribution in [1.29, 1.82) is 0 Å². The van der Waals surface area contributed by atoms with Gasteiger partial charge in [-0.05, 0) is 37.5 Å². The first-order chi connectivity index (χ1) is 9.76. The predicted octanol–water partition coefficient (Wildman–Crippen LogP) is 0.984. The first-order valence-electron chi connectivity index (χ1n) is 6.97. The molecule has 1 aliphatic carbocycles. The normalized spacial score (nSPS) is 14.1. The van der Waals surface area contributed by atoms with Crippen LogP contribution >= 0.6 is 0 Å². The van der Waals surface area contributed by atoms with Crippen LogP contribution in [-0.2, 0) is 0 Å². The molecule has 0 heterocycles. The van der Waals surface area contributed by atoms with Gasteiger partial charge in [-0.15, -0.1) is 0 Å². The molecule has 0 bridgehead atoms. The molecule has 0 radical (unpaired) electrons. The van der Waals surface area contributed by atoms with E-state index in [1.807, 2.05) is 12.1 Å². The van der Waals surface area contributed by atoms with E-state index >= 15 is 0 Å². The van der Waals surface area contributed by atoms with Crippen molar-refractivity contribution >= 4 is 5.91 Å². The van der Waals surface area contributed by atoms with Gasteiger partial charge in [0.05, 0.1) is 13.2 Å².